The molecule has 1 aromatic rings. The van der Waals surface area contributed by atoms with Crippen LogP contribution in [0.2, 0.25) is 0 Å². The van der Waals surface area contributed by atoms with Crippen molar-refractivity contribution in [3.8, 4) is 0 Å². The first-order valence-electron chi connectivity index (χ1n) is 6.07. The first kappa shape index (κ1) is 14.7. The molecule has 0 saturated heterocycles. The molecule has 0 fully saturated rings. The van der Waals surface area contributed by atoms with E-state index in [9.17, 15) is 4.79 Å². The van der Waals surface area contributed by atoms with Crippen LogP contribution in [0.25, 0.3) is 0 Å². The molecule has 18 heavy (non-hydrogen) atoms. The fraction of sp³-hybridized carbons (Fsp3) is 0.533. The molecule has 0 atom stereocenters. The molecule has 0 aliphatic carbocycles. The molecule has 0 aromatic heterocycles. The summed E-state index contributed by atoms with van der Waals surface area (Å²) in [6, 6.07) is 7.93. The summed E-state index contributed by atoms with van der Waals surface area (Å²) in [4.78, 5) is 11.1. The number of aliphatic carboxylic acids is 1. The Bertz CT molecular complexity index is 433. The van der Waals surface area contributed by atoms with Crippen LogP contribution in [0.5, 0.6) is 0 Å². The third-order valence-electron chi connectivity index (χ3n) is 3.36. The Morgan fingerprint density at radius 3 is 2.39 bits per heavy atom. The molecule has 0 saturated carbocycles. The zero-order valence-corrected chi connectivity index (χ0v) is 11.8. The molecule has 0 amide bonds. The lowest BCUT2D eigenvalue weighted by Crippen LogP contribution is -2.26. The summed E-state index contributed by atoms with van der Waals surface area (Å²) in [6.45, 7) is 7.47. The number of hydrogen-bond acceptors (Lipinski definition) is 2. The van der Waals surface area contributed by atoms with Crippen LogP contribution in [-0.4, -0.2) is 18.2 Å². The van der Waals surface area contributed by atoms with E-state index in [2.05, 4.69) is 0 Å². The monoisotopic (exact) mass is 250 g/mol. The summed E-state index contributed by atoms with van der Waals surface area (Å²) >= 11 is 0. The second-order valence-corrected chi connectivity index (χ2v) is 5.78. The molecule has 0 heterocycles. The van der Waals surface area contributed by atoms with Gasteiger partial charge in [-0.3, -0.25) is 4.79 Å². The molecule has 1 aromatic carbocycles. The van der Waals surface area contributed by atoms with Crippen molar-refractivity contribution in [2.45, 2.75) is 39.7 Å². The quantitative estimate of drug-likeness (QED) is 0.872. The Kier molecular flexibility index (Phi) is 4.17. The normalized spacial score (nSPS) is 12.5. The highest BCUT2D eigenvalue weighted by atomic mass is 16.5. The summed E-state index contributed by atoms with van der Waals surface area (Å²) in [5.41, 5.74) is 0.966. The summed E-state index contributed by atoms with van der Waals surface area (Å²) < 4.78 is 5.44. The minimum absolute atomic E-state index is 0.358. The molecule has 0 radical (unpaired) electrons. The van der Waals surface area contributed by atoms with Gasteiger partial charge in [0.2, 0.25) is 0 Å². The SMILES string of the molecule is COC(C)(C)c1cccc(CC(C)(C)C(=O)O)c1. The van der Waals surface area contributed by atoms with Crippen molar-refractivity contribution >= 4 is 5.97 Å². The number of rotatable bonds is 5. The third kappa shape index (κ3) is 3.33. The fourth-order valence-electron chi connectivity index (χ4n) is 1.76. The second kappa shape index (κ2) is 5.11. The number of hydrogen-bond donors (Lipinski definition) is 1. The van der Waals surface area contributed by atoms with E-state index in [4.69, 9.17) is 9.84 Å². The maximum Gasteiger partial charge on any atom is 0.309 e. The standard InChI is InChI=1S/C15H22O3/c1-14(2,13(16)17)10-11-7-6-8-12(9-11)15(3,4)18-5/h6-9H,10H2,1-5H3,(H,16,17). The van der Waals surface area contributed by atoms with Gasteiger partial charge in [0.05, 0.1) is 11.0 Å². The van der Waals surface area contributed by atoms with Gasteiger partial charge in [0.15, 0.2) is 0 Å². The van der Waals surface area contributed by atoms with Gasteiger partial charge in [-0.05, 0) is 45.2 Å². The Morgan fingerprint density at radius 2 is 1.89 bits per heavy atom. The van der Waals surface area contributed by atoms with Crippen molar-refractivity contribution in [2.24, 2.45) is 5.41 Å². The molecular weight excluding hydrogens is 228 g/mol. The van der Waals surface area contributed by atoms with Crippen LogP contribution in [-0.2, 0) is 21.6 Å². The lowest BCUT2D eigenvalue weighted by atomic mass is 9.84. The Labute approximate surface area is 109 Å². The summed E-state index contributed by atoms with van der Waals surface area (Å²) in [6.07, 6.45) is 0.510. The van der Waals surface area contributed by atoms with Gasteiger partial charge in [0, 0.05) is 7.11 Å². The Hall–Kier alpha value is -1.35. The van der Waals surface area contributed by atoms with Crippen LogP contribution in [0.3, 0.4) is 0 Å². The van der Waals surface area contributed by atoms with Gasteiger partial charge in [-0.1, -0.05) is 24.3 Å². The van der Waals surface area contributed by atoms with Gasteiger partial charge >= 0.3 is 5.97 Å². The van der Waals surface area contributed by atoms with E-state index in [1.165, 1.54) is 0 Å². The van der Waals surface area contributed by atoms with Crippen molar-refractivity contribution in [1.29, 1.82) is 0 Å². The minimum atomic E-state index is -0.779. The van der Waals surface area contributed by atoms with Gasteiger partial charge in [-0.15, -0.1) is 0 Å². The van der Waals surface area contributed by atoms with E-state index in [0.717, 1.165) is 11.1 Å². The first-order valence-corrected chi connectivity index (χ1v) is 6.07. The van der Waals surface area contributed by atoms with Crippen LogP contribution < -0.4 is 0 Å². The van der Waals surface area contributed by atoms with Gasteiger partial charge < -0.3 is 9.84 Å². The largest absolute Gasteiger partial charge is 0.481 e. The summed E-state index contributed by atoms with van der Waals surface area (Å²) in [5, 5.41) is 9.15. The molecule has 1 rings (SSSR count). The van der Waals surface area contributed by atoms with Crippen molar-refractivity contribution in [2.75, 3.05) is 7.11 Å². The van der Waals surface area contributed by atoms with Crippen molar-refractivity contribution in [3.63, 3.8) is 0 Å². The van der Waals surface area contributed by atoms with E-state index in [0.29, 0.717) is 6.42 Å². The van der Waals surface area contributed by atoms with Gasteiger partial charge in [-0.25, -0.2) is 0 Å². The van der Waals surface area contributed by atoms with Crippen molar-refractivity contribution in [1.82, 2.24) is 0 Å². The topological polar surface area (TPSA) is 46.5 Å². The predicted octanol–water partition coefficient (Wildman–Crippen LogP) is 3.22. The highest BCUT2D eigenvalue weighted by Gasteiger charge is 2.28. The van der Waals surface area contributed by atoms with Crippen LogP contribution >= 0.6 is 0 Å². The Balaban J connectivity index is 3.00. The lowest BCUT2D eigenvalue weighted by molar-refractivity contribution is -0.146. The number of ether oxygens (including phenoxy) is 1. The highest BCUT2D eigenvalue weighted by molar-refractivity contribution is 5.74. The van der Waals surface area contributed by atoms with Crippen LogP contribution in [0, 0.1) is 5.41 Å². The molecule has 1 N–H and O–H groups in total. The van der Waals surface area contributed by atoms with Gasteiger partial charge in [0.1, 0.15) is 0 Å². The summed E-state index contributed by atoms with van der Waals surface area (Å²) in [7, 11) is 1.67. The molecule has 0 aliphatic rings. The van der Waals surface area contributed by atoms with E-state index < -0.39 is 11.4 Å². The molecule has 3 heteroatoms. The smallest absolute Gasteiger partial charge is 0.309 e. The highest BCUT2D eigenvalue weighted by Crippen LogP contribution is 2.27. The maximum absolute atomic E-state index is 11.1. The maximum atomic E-state index is 11.1. The number of carbonyl (C=O) groups is 1. The second-order valence-electron chi connectivity index (χ2n) is 5.78. The Morgan fingerprint density at radius 1 is 1.28 bits per heavy atom. The van der Waals surface area contributed by atoms with E-state index in [-0.39, 0.29) is 5.60 Å². The molecule has 0 spiro atoms. The number of carboxylic acid groups (broad SMARTS) is 1. The molecule has 3 nitrogen and oxygen atoms in total. The van der Waals surface area contributed by atoms with E-state index >= 15 is 0 Å². The first-order chi connectivity index (χ1) is 8.19. The average molecular weight is 250 g/mol. The fourth-order valence-corrected chi connectivity index (χ4v) is 1.76. The van der Waals surface area contributed by atoms with Crippen LogP contribution in [0.1, 0.15) is 38.8 Å². The zero-order valence-electron chi connectivity index (χ0n) is 11.8. The molecule has 0 bridgehead atoms. The average Bonchev–Trinajstić information content (AvgIpc) is 2.28. The molecule has 0 unspecified atom stereocenters. The number of methoxy groups -OCH3 is 1. The van der Waals surface area contributed by atoms with Crippen molar-refractivity contribution < 1.29 is 14.6 Å². The molecular formula is C15H22O3. The third-order valence-corrected chi connectivity index (χ3v) is 3.36. The predicted molar refractivity (Wildman–Crippen MR) is 71.6 cm³/mol. The van der Waals surface area contributed by atoms with Gasteiger partial charge in [-0.2, -0.15) is 0 Å². The summed E-state index contributed by atoms with van der Waals surface area (Å²) in [5.74, 6) is -0.779. The van der Waals surface area contributed by atoms with Gasteiger partial charge in [0.25, 0.3) is 0 Å². The van der Waals surface area contributed by atoms with Crippen molar-refractivity contribution in [3.05, 3.63) is 35.4 Å². The minimum Gasteiger partial charge on any atom is -0.481 e. The van der Waals surface area contributed by atoms with Crippen LogP contribution in [0.4, 0.5) is 0 Å². The number of benzene rings is 1. The van der Waals surface area contributed by atoms with E-state index in [1.54, 1.807) is 21.0 Å². The zero-order chi connectivity index (χ0) is 14.0. The lowest BCUT2D eigenvalue weighted by Gasteiger charge is -2.25. The number of carboxylic acids is 1. The molecule has 0 aliphatic heterocycles. The molecule has 100 valence electrons. The van der Waals surface area contributed by atoms with E-state index in [1.807, 2.05) is 38.1 Å². The van der Waals surface area contributed by atoms with Crippen LogP contribution in [0.15, 0.2) is 24.3 Å².